The summed E-state index contributed by atoms with van der Waals surface area (Å²) in [5, 5.41) is 13.0. The van der Waals surface area contributed by atoms with Crippen LogP contribution in [-0.2, 0) is 0 Å². The number of nitriles is 1. The molecule has 1 heterocycles. The summed E-state index contributed by atoms with van der Waals surface area (Å²) in [6, 6.07) is 3.58. The van der Waals surface area contributed by atoms with E-state index >= 15 is 0 Å². The molecule has 20 heavy (non-hydrogen) atoms. The van der Waals surface area contributed by atoms with E-state index in [1.165, 1.54) is 19.4 Å². The Morgan fingerprint density at radius 3 is 2.65 bits per heavy atom. The number of nitrogens with one attached hydrogen (secondary N) is 1. The summed E-state index contributed by atoms with van der Waals surface area (Å²) in [5.74, 6) is 0.810. The molecule has 0 amide bonds. The third-order valence-corrected chi connectivity index (χ3v) is 4.94. The molecule has 3 unspecified atom stereocenters. The minimum absolute atomic E-state index is 0.335. The number of hydrogen-bond donors (Lipinski definition) is 1. The molecule has 0 aromatic carbocycles. The number of nitrogens with zero attached hydrogens (tertiary/aromatic N) is 2. The van der Waals surface area contributed by atoms with Gasteiger partial charge in [0.1, 0.15) is 5.54 Å². The molecular weight excluding hydrogens is 246 g/mol. The van der Waals surface area contributed by atoms with Crippen LogP contribution in [0.15, 0.2) is 0 Å². The maximum absolute atomic E-state index is 9.53. The van der Waals surface area contributed by atoms with Crippen molar-refractivity contribution in [2.45, 2.75) is 84.3 Å². The van der Waals surface area contributed by atoms with Gasteiger partial charge in [0.15, 0.2) is 0 Å². The second-order valence-electron chi connectivity index (χ2n) is 6.85. The van der Waals surface area contributed by atoms with Crippen LogP contribution in [0.5, 0.6) is 0 Å². The van der Waals surface area contributed by atoms with Crippen LogP contribution in [-0.4, -0.2) is 35.6 Å². The van der Waals surface area contributed by atoms with Crippen molar-refractivity contribution in [1.29, 1.82) is 5.26 Å². The Hall–Kier alpha value is -0.590. The summed E-state index contributed by atoms with van der Waals surface area (Å²) >= 11 is 0. The van der Waals surface area contributed by atoms with Crippen molar-refractivity contribution in [3.63, 3.8) is 0 Å². The molecule has 3 atom stereocenters. The topological polar surface area (TPSA) is 39.1 Å². The minimum atomic E-state index is -0.335. The standard InChI is InChI=1S/C17H33N3/c1-6-17(13-18,19-14(2)3)10-8-12-20-11-7-9-15(4)16(20)5/h14-16,19H,6-12H2,1-5H3. The van der Waals surface area contributed by atoms with Gasteiger partial charge >= 0.3 is 0 Å². The third-order valence-electron chi connectivity index (χ3n) is 4.94. The van der Waals surface area contributed by atoms with Crippen molar-refractivity contribution in [2.24, 2.45) is 5.92 Å². The van der Waals surface area contributed by atoms with E-state index in [0.717, 1.165) is 31.7 Å². The molecule has 1 N–H and O–H groups in total. The Morgan fingerprint density at radius 2 is 2.10 bits per heavy atom. The van der Waals surface area contributed by atoms with E-state index in [2.05, 4.69) is 50.9 Å². The average Bonchev–Trinajstić information content (AvgIpc) is 2.42. The maximum Gasteiger partial charge on any atom is 0.106 e. The van der Waals surface area contributed by atoms with Crippen molar-refractivity contribution >= 4 is 0 Å². The highest BCUT2D eigenvalue weighted by Crippen LogP contribution is 2.24. The highest BCUT2D eigenvalue weighted by Gasteiger charge is 2.29. The molecule has 1 fully saturated rings. The van der Waals surface area contributed by atoms with Gasteiger partial charge in [-0.1, -0.05) is 13.8 Å². The molecule has 1 saturated heterocycles. The van der Waals surface area contributed by atoms with Gasteiger partial charge in [-0.2, -0.15) is 5.26 Å². The summed E-state index contributed by atoms with van der Waals surface area (Å²) in [7, 11) is 0. The predicted octanol–water partition coefficient (Wildman–Crippen LogP) is 3.56. The van der Waals surface area contributed by atoms with Crippen LogP contribution in [0.25, 0.3) is 0 Å². The van der Waals surface area contributed by atoms with Crippen LogP contribution in [0.2, 0.25) is 0 Å². The minimum Gasteiger partial charge on any atom is -0.300 e. The van der Waals surface area contributed by atoms with Crippen molar-refractivity contribution in [3.05, 3.63) is 0 Å². The van der Waals surface area contributed by atoms with Gasteiger partial charge in [-0.05, 0) is 71.9 Å². The van der Waals surface area contributed by atoms with Gasteiger partial charge in [0.05, 0.1) is 6.07 Å². The van der Waals surface area contributed by atoms with Crippen LogP contribution in [0, 0.1) is 17.2 Å². The highest BCUT2D eigenvalue weighted by molar-refractivity contribution is 5.07. The molecule has 0 bridgehead atoms. The van der Waals surface area contributed by atoms with Gasteiger partial charge in [-0.15, -0.1) is 0 Å². The Kier molecular flexibility index (Phi) is 6.99. The first-order chi connectivity index (χ1) is 9.44. The van der Waals surface area contributed by atoms with E-state index in [1.807, 2.05) is 0 Å². The summed E-state index contributed by atoms with van der Waals surface area (Å²) in [6.07, 6.45) is 5.64. The largest absolute Gasteiger partial charge is 0.300 e. The highest BCUT2D eigenvalue weighted by atomic mass is 15.2. The first-order valence-electron chi connectivity index (χ1n) is 8.37. The third kappa shape index (κ3) is 4.75. The molecule has 0 spiro atoms. The zero-order valence-corrected chi connectivity index (χ0v) is 14.1. The Bertz CT molecular complexity index is 321. The van der Waals surface area contributed by atoms with Crippen LogP contribution in [0.4, 0.5) is 0 Å². The molecule has 3 nitrogen and oxygen atoms in total. The summed E-state index contributed by atoms with van der Waals surface area (Å²) in [5.41, 5.74) is -0.335. The van der Waals surface area contributed by atoms with E-state index in [9.17, 15) is 5.26 Å². The monoisotopic (exact) mass is 279 g/mol. The maximum atomic E-state index is 9.53. The molecule has 0 aromatic rings. The molecule has 0 radical (unpaired) electrons. The van der Waals surface area contributed by atoms with Gasteiger partial charge < -0.3 is 4.90 Å². The fraction of sp³-hybridized carbons (Fsp3) is 0.941. The molecule has 1 rings (SSSR count). The SMILES string of the molecule is CCC(C#N)(CCCN1CCCC(C)C1C)NC(C)C. The van der Waals surface area contributed by atoms with Crippen LogP contribution in [0.1, 0.15) is 66.7 Å². The smallest absolute Gasteiger partial charge is 0.106 e. The lowest BCUT2D eigenvalue weighted by Gasteiger charge is -2.38. The van der Waals surface area contributed by atoms with E-state index < -0.39 is 0 Å². The lowest BCUT2D eigenvalue weighted by molar-refractivity contribution is 0.109. The molecule has 1 aliphatic heterocycles. The number of likely N-dealkylation sites (tertiary alicyclic amines) is 1. The van der Waals surface area contributed by atoms with Gasteiger partial charge in [0.25, 0.3) is 0 Å². The zero-order valence-electron chi connectivity index (χ0n) is 14.1. The van der Waals surface area contributed by atoms with Gasteiger partial charge in [-0.25, -0.2) is 0 Å². The fourth-order valence-corrected chi connectivity index (χ4v) is 3.39. The molecule has 0 aliphatic carbocycles. The molecule has 0 aromatic heterocycles. The molecule has 116 valence electrons. The average molecular weight is 279 g/mol. The van der Waals surface area contributed by atoms with Crippen LogP contribution in [0.3, 0.4) is 0 Å². The van der Waals surface area contributed by atoms with Crippen molar-refractivity contribution in [2.75, 3.05) is 13.1 Å². The van der Waals surface area contributed by atoms with E-state index in [1.54, 1.807) is 0 Å². The molecule has 1 aliphatic rings. The second kappa shape index (κ2) is 8.00. The second-order valence-corrected chi connectivity index (χ2v) is 6.85. The van der Waals surface area contributed by atoms with Crippen LogP contribution >= 0.6 is 0 Å². The molecular formula is C17H33N3. The Balaban J connectivity index is 2.46. The molecule has 3 heteroatoms. The number of hydrogen-bond acceptors (Lipinski definition) is 3. The predicted molar refractivity (Wildman–Crippen MR) is 85.6 cm³/mol. The van der Waals surface area contributed by atoms with Crippen molar-refractivity contribution in [1.82, 2.24) is 10.2 Å². The van der Waals surface area contributed by atoms with Gasteiger partial charge in [0.2, 0.25) is 0 Å². The van der Waals surface area contributed by atoms with Crippen molar-refractivity contribution in [3.8, 4) is 6.07 Å². The van der Waals surface area contributed by atoms with Gasteiger partial charge in [0, 0.05) is 12.1 Å². The fourth-order valence-electron chi connectivity index (χ4n) is 3.39. The van der Waals surface area contributed by atoms with E-state index in [4.69, 9.17) is 0 Å². The first-order valence-corrected chi connectivity index (χ1v) is 8.37. The van der Waals surface area contributed by atoms with Gasteiger partial charge in [-0.3, -0.25) is 5.32 Å². The van der Waals surface area contributed by atoms with E-state index in [0.29, 0.717) is 12.1 Å². The normalized spacial score (nSPS) is 27.2. The number of piperidine rings is 1. The number of rotatable bonds is 7. The van der Waals surface area contributed by atoms with E-state index in [-0.39, 0.29) is 5.54 Å². The lowest BCUT2D eigenvalue weighted by Crippen LogP contribution is -2.48. The Morgan fingerprint density at radius 1 is 1.40 bits per heavy atom. The first kappa shape index (κ1) is 17.5. The lowest BCUT2D eigenvalue weighted by atomic mass is 9.89. The Labute approximate surface area is 125 Å². The van der Waals surface area contributed by atoms with Crippen LogP contribution < -0.4 is 5.32 Å². The quantitative estimate of drug-likeness (QED) is 0.774. The zero-order chi connectivity index (χ0) is 15.2. The molecule has 0 saturated carbocycles. The summed E-state index contributed by atoms with van der Waals surface area (Å²) in [6.45, 7) is 13.4. The van der Waals surface area contributed by atoms with Crippen molar-refractivity contribution < 1.29 is 0 Å². The summed E-state index contributed by atoms with van der Waals surface area (Å²) < 4.78 is 0. The summed E-state index contributed by atoms with van der Waals surface area (Å²) in [4.78, 5) is 2.61.